The van der Waals surface area contributed by atoms with E-state index < -0.39 is 0 Å². The largest absolute Gasteiger partial charge is 0.383 e. The van der Waals surface area contributed by atoms with Gasteiger partial charge in [-0.3, -0.25) is 0 Å². The summed E-state index contributed by atoms with van der Waals surface area (Å²) in [5.74, 6) is 0.963. The molecule has 17 heavy (non-hydrogen) atoms. The van der Waals surface area contributed by atoms with Crippen LogP contribution in [-0.2, 0) is 4.74 Å². The first-order valence-corrected chi connectivity index (χ1v) is 6.28. The van der Waals surface area contributed by atoms with Gasteiger partial charge < -0.3 is 16.2 Å². The first kappa shape index (κ1) is 11.0. The minimum absolute atomic E-state index is 0.0438. The fraction of sp³-hybridized carbons (Fsp3) is 0.615. The molecule has 3 heterocycles. The summed E-state index contributed by atoms with van der Waals surface area (Å²) in [6.45, 7) is 2.01. The molecule has 2 saturated heterocycles. The lowest BCUT2D eigenvalue weighted by molar-refractivity contribution is 0.0885. The second kappa shape index (κ2) is 3.96. The maximum Gasteiger partial charge on any atom is 0.128 e. The Hall–Kier alpha value is -1.13. The van der Waals surface area contributed by atoms with Crippen LogP contribution in [0.4, 0.5) is 5.82 Å². The van der Waals surface area contributed by atoms with Crippen LogP contribution < -0.4 is 11.5 Å². The number of anilines is 1. The first-order valence-electron chi connectivity index (χ1n) is 6.28. The minimum atomic E-state index is -0.0438. The molecule has 4 atom stereocenters. The molecular formula is C13H19N3O. The van der Waals surface area contributed by atoms with Crippen LogP contribution >= 0.6 is 0 Å². The summed E-state index contributed by atoms with van der Waals surface area (Å²) in [4.78, 5) is 4.19. The molecular weight excluding hydrogens is 214 g/mol. The summed E-state index contributed by atoms with van der Waals surface area (Å²) in [7, 11) is 0. The summed E-state index contributed by atoms with van der Waals surface area (Å²) in [6, 6.07) is 2.01. The summed E-state index contributed by atoms with van der Waals surface area (Å²) in [6.07, 6.45) is 5.93. The number of nitrogen functional groups attached to an aromatic ring is 1. The van der Waals surface area contributed by atoms with Crippen LogP contribution in [0.1, 0.15) is 36.4 Å². The molecule has 92 valence electrons. The van der Waals surface area contributed by atoms with Crippen molar-refractivity contribution < 1.29 is 4.74 Å². The molecule has 2 aliphatic rings. The van der Waals surface area contributed by atoms with Crippen LogP contribution in [-0.4, -0.2) is 17.2 Å². The van der Waals surface area contributed by atoms with Crippen LogP contribution in [0, 0.1) is 12.8 Å². The van der Waals surface area contributed by atoms with Crippen LogP contribution in [0.15, 0.2) is 12.3 Å². The zero-order chi connectivity index (χ0) is 12.0. The van der Waals surface area contributed by atoms with Gasteiger partial charge in [-0.1, -0.05) is 0 Å². The number of nitrogens with two attached hydrogens (primary N) is 2. The smallest absolute Gasteiger partial charge is 0.128 e. The molecule has 1 aromatic rings. The van der Waals surface area contributed by atoms with Crippen molar-refractivity contribution in [3.8, 4) is 0 Å². The average molecular weight is 233 g/mol. The molecule has 4 unspecified atom stereocenters. The molecule has 4 nitrogen and oxygen atoms in total. The number of hydrogen-bond acceptors (Lipinski definition) is 4. The number of hydrogen-bond donors (Lipinski definition) is 2. The van der Waals surface area contributed by atoms with Gasteiger partial charge in [-0.2, -0.15) is 0 Å². The molecule has 4 heteroatoms. The summed E-state index contributed by atoms with van der Waals surface area (Å²) < 4.78 is 5.86. The highest BCUT2D eigenvalue weighted by Crippen LogP contribution is 2.44. The number of fused-ring (bicyclic) bond motifs is 2. The van der Waals surface area contributed by atoms with Crippen molar-refractivity contribution in [3.63, 3.8) is 0 Å². The molecule has 0 aliphatic carbocycles. The molecule has 0 amide bonds. The van der Waals surface area contributed by atoms with Crippen molar-refractivity contribution in [2.45, 2.75) is 44.4 Å². The zero-order valence-electron chi connectivity index (χ0n) is 10.1. The molecule has 3 rings (SSSR count). The maximum absolute atomic E-state index is 6.36. The lowest BCUT2D eigenvalue weighted by Crippen LogP contribution is -2.30. The van der Waals surface area contributed by atoms with E-state index in [1.165, 1.54) is 6.42 Å². The predicted octanol–water partition coefficient (Wildman–Crippen LogP) is 1.54. The van der Waals surface area contributed by atoms with Crippen molar-refractivity contribution >= 4 is 5.82 Å². The highest BCUT2D eigenvalue weighted by molar-refractivity contribution is 5.43. The quantitative estimate of drug-likeness (QED) is 0.812. The normalized spacial score (nSPS) is 32.9. The summed E-state index contributed by atoms with van der Waals surface area (Å²) in [5.41, 5.74) is 14.4. The van der Waals surface area contributed by atoms with Crippen molar-refractivity contribution in [2.24, 2.45) is 11.7 Å². The molecule has 1 aromatic heterocycles. The Balaban J connectivity index is 1.86. The zero-order valence-corrected chi connectivity index (χ0v) is 10.1. The van der Waals surface area contributed by atoms with Gasteiger partial charge in [0.1, 0.15) is 5.82 Å². The number of aryl methyl sites for hydroxylation is 1. The predicted molar refractivity (Wildman–Crippen MR) is 66.3 cm³/mol. The van der Waals surface area contributed by atoms with Gasteiger partial charge in [-0.15, -0.1) is 0 Å². The van der Waals surface area contributed by atoms with E-state index in [9.17, 15) is 0 Å². The van der Waals surface area contributed by atoms with E-state index in [0.29, 0.717) is 23.9 Å². The fourth-order valence-electron chi connectivity index (χ4n) is 3.16. The number of pyridine rings is 1. The van der Waals surface area contributed by atoms with Gasteiger partial charge in [0.05, 0.1) is 12.2 Å². The van der Waals surface area contributed by atoms with E-state index >= 15 is 0 Å². The Morgan fingerprint density at radius 2 is 2.29 bits per heavy atom. The van der Waals surface area contributed by atoms with Crippen molar-refractivity contribution in [2.75, 3.05) is 5.73 Å². The van der Waals surface area contributed by atoms with E-state index in [4.69, 9.17) is 16.2 Å². The van der Waals surface area contributed by atoms with Crippen LogP contribution in [0.3, 0.4) is 0 Å². The van der Waals surface area contributed by atoms with Crippen molar-refractivity contribution in [1.82, 2.24) is 4.98 Å². The molecule has 4 N–H and O–H groups in total. The monoisotopic (exact) mass is 233 g/mol. The topological polar surface area (TPSA) is 74.2 Å². The maximum atomic E-state index is 6.36. The highest BCUT2D eigenvalue weighted by atomic mass is 16.5. The fourth-order valence-corrected chi connectivity index (χ4v) is 3.16. The Morgan fingerprint density at radius 3 is 2.94 bits per heavy atom. The molecule has 2 fully saturated rings. The third-order valence-corrected chi connectivity index (χ3v) is 4.06. The second-order valence-electron chi connectivity index (χ2n) is 5.29. The minimum Gasteiger partial charge on any atom is -0.383 e. The van der Waals surface area contributed by atoms with Crippen LogP contribution in [0.25, 0.3) is 0 Å². The van der Waals surface area contributed by atoms with Gasteiger partial charge in [-0.05, 0) is 37.8 Å². The lowest BCUT2D eigenvalue weighted by atomic mass is 9.81. The van der Waals surface area contributed by atoms with Gasteiger partial charge in [-0.25, -0.2) is 4.98 Å². The van der Waals surface area contributed by atoms with Crippen LogP contribution in [0.2, 0.25) is 0 Å². The third-order valence-electron chi connectivity index (χ3n) is 4.06. The summed E-state index contributed by atoms with van der Waals surface area (Å²) >= 11 is 0. The van der Waals surface area contributed by atoms with Gasteiger partial charge in [0.25, 0.3) is 0 Å². The van der Waals surface area contributed by atoms with E-state index in [1.807, 2.05) is 6.92 Å². The molecule has 0 spiro atoms. The number of aromatic nitrogens is 1. The number of rotatable bonds is 2. The number of ether oxygens (including phenoxy) is 1. The average Bonchev–Trinajstić information content (AvgIpc) is 2.93. The second-order valence-corrected chi connectivity index (χ2v) is 5.29. The molecule has 0 aromatic carbocycles. The van der Waals surface area contributed by atoms with Gasteiger partial charge in [0, 0.05) is 23.7 Å². The van der Waals surface area contributed by atoms with Gasteiger partial charge in [0.2, 0.25) is 0 Å². The number of nitrogens with zero attached hydrogens (tertiary/aromatic N) is 1. The third kappa shape index (κ3) is 1.81. The SMILES string of the molecule is Cc1cnc(N)c(C(N)C2CC3CCC2O3)c1. The van der Waals surface area contributed by atoms with Crippen molar-refractivity contribution in [1.29, 1.82) is 0 Å². The molecule has 0 radical (unpaired) electrons. The Labute approximate surface area is 101 Å². The highest BCUT2D eigenvalue weighted by Gasteiger charge is 2.44. The Morgan fingerprint density at radius 1 is 1.47 bits per heavy atom. The van der Waals surface area contributed by atoms with Gasteiger partial charge in [0.15, 0.2) is 0 Å². The van der Waals surface area contributed by atoms with Crippen LogP contribution in [0.5, 0.6) is 0 Å². The molecule has 2 bridgehead atoms. The lowest BCUT2D eigenvalue weighted by Gasteiger charge is -2.26. The molecule has 2 aliphatic heterocycles. The van der Waals surface area contributed by atoms with Gasteiger partial charge >= 0.3 is 0 Å². The Kier molecular flexibility index (Phi) is 2.56. The van der Waals surface area contributed by atoms with E-state index in [0.717, 1.165) is 24.0 Å². The van der Waals surface area contributed by atoms with E-state index in [2.05, 4.69) is 11.1 Å². The molecule has 0 saturated carbocycles. The van der Waals surface area contributed by atoms with E-state index in [1.54, 1.807) is 6.20 Å². The first-order chi connectivity index (χ1) is 8.15. The van der Waals surface area contributed by atoms with E-state index in [-0.39, 0.29) is 6.04 Å². The Bertz CT molecular complexity index is 435. The van der Waals surface area contributed by atoms with Crippen molar-refractivity contribution in [3.05, 3.63) is 23.4 Å². The standard InChI is InChI=1S/C13H19N3O/c1-7-4-10(13(15)16-6-7)12(14)9-5-8-2-3-11(9)17-8/h4,6,8-9,11-12H,2-3,5,14H2,1H3,(H2,15,16). The summed E-state index contributed by atoms with van der Waals surface area (Å²) in [5, 5.41) is 0.